The number of carboxylic acid groups (broad SMARTS) is 1. The molecule has 4 rings (SSSR count). The highest BCUT2D eigenvalue weighted by atomic mass is 79.9. The summed E-state index contributed by atoms with van der Waals surface area (Å²) in [7, 11) is 0. The van der Waals surface area contributed by atoms with Crippen molar-refractivity contribution in [2.75, 3.05) is 18.0 Å². The third-order valence-corrected chi connectivity index (χ3v) is 5.75. The number of amides is 1. The smallest absolute Gasteiger partial charge is 0.404 e. The number of hydrogen-bond donors (Lipinski definition) is 3. The van der Waals surface area contributed by atoms with E-state index in [4.69, 9.17) is 15.4 Å². The van der Waals surface area contributed by atoms with E-state index in [0.717, 1.165) is 5.52 Å². The van der Waals surface area contributed by atoms with Gasteiger partial charge in [-0.1, -0.05) is 6.07 Å². The predicted octanol–water partition coefficient (Wildman–Crippen LogP) is 3.63. The monoisotopic (exact) mass is 458 g/mol. The van der Waals surface area contributed by atoms with E-state index in [-0.39, 0.29) is 11.6 Å². The van der Waals surface area contributed by atoms with Gasteiger partial charge in [-0.15, -0.1) is 0 Å². The number of anilines is 1. The number of pyridine rings is 1. The Kier molecular flexibility index (Phi) is 5.07. The highest BCUT2D eigenvalue weighted by Crippen LogP contribution is 2.37. The number of nitrogens with one attached hydrogen (secondary N) is 2. The average molecular weight is 459 g/mol. The van der Waals surface area contributed by atoms with Crippen LogP contribution in [0.5, 0.6) is 0 Å². The molecule has 148 valence electrons. The van der Waals surface area contributed by atoms with Crippen molar-refractivity contribution in [1.82, 2.24) is 20.3 Å². The third-order valence-electron chi connectivity index (χ3n) is 4.98. The van der Waals surface area contributed by atoms with Gasteiger partial charge in [-0.25, -0.2) is 19.2 Å². The molecule has 0 bridgehead atoms. The van der Waals surface area contributed by atoms with Gasteiger partial charge in [0.15, 0.2) is 5.82 Å². The molecule has 0 aliphatic carbocycles. The molecule has 0 atom stereocenters. The quantitative estimate of drug-likeness (QED) is 0.551. The summed E-state index contributed by atoms with van der Waals surface area (Å²) in [6.07, 6.45) is 1.85. The van der Waals surface area contributed by atoms with Crippen LogP contribution in [-0.2, 0) is 0 Å². The van der Waals surface area contributed by atoms with Crippen molar-refractivity contribution in [3.63, 3.8) is 0 Å². The standard InChI is InChI=1S/C19H16BrFN6O2/c20-14-15(10-1-2-11(8-22)13(21)7-10)26-18(17-16(14)23-9-24-17)27-5-3-12(4-6-27)25-19(28)29/h1-2,7,9,12,25H,3-6H2,(H,23,24)(H,28,29). The normalized spacial score (nSPS) is 14.7. The zero-order valence-corrected chi connectivity index (χ0v) is 16.7. The van der Waals surface area contributed by atoms with Crippen LogP contribution in [0.2, 0.25) is 0 Å². The van der Waals surface area contributed by atoms with E-state index in [0.29, 0.717) is 53.0 Å². The van der Waals surface area contributed by atoms with Crippen LogP contribution < -0.4 is 10.2 Å². The lowest BCUT2D eigenvalue weighted by atomic mass is 10.0. The SMILES string of the molecule is N#Cc1ccc(-c2nc(N3CCC(NC(=O)O)CC3)c3nc[nH]c3c2Br)cc1F. The Morgan fingerprint density at radius 3 is 2.83 bits per heavy atom. The van der Waals surface area contributed by atoms with E-state index in [1.807, 2.05) is 6.07 Å². The van der Waals surface area contributed by atoms with E-state index in [9.17, 15) is 9.18 Å². The fraction of sp³-hybridized carbons (Fsp3) is 0.263. The molecule has 29 heavy (non-hydrogen) atoms. The minimum Gasteiger partial charge on any atom is -0.465 e. The Labute approximate surface area is 173 Å². The molecule has 10 heteroatoms. The number of aromatic nitrogens is 3. The van der Waals surface area contributed by atoms with E-state index in [1.54, 1.807) is 12.4 Å². The second kappa shape index (κ2) is 7.67. The van der Waals surface area contributed by atoms with Gasteiger partial charge in [0.05, 0.1) is 27.6 Å². The molecule has 1 aliphatic heterocycles. The van der Waals surface area contributed by atoms with Gasteiger partial charge >= 0.3 is 6.09 Å². The van der Waals surface area contributed by atoms with Gasteiger partial charge in [0, 0.05) is 24.7 Å². The molecule has 0 saturated carbocycles. The number of H-pyrrole nitrogens is 1. The fourth-order valence-corrected chi connectivity index (χ4v) is 4.15. The number of nitrogens with zero attached hydrogens (tertiary/aromatic N) is 4. The second-order valence-corrected chi connectivity index (χ2v) is 7.53. The number of hydrogen-bond acceptors (Lipinski definition) is 5. The number of aromatic amines is 1. The van der Waals surface area contributed by atoms with Crippen LogP contribution in [0.15, 0.2) is 29.0 Å². The van der Waals surface area contributed by atoms with Gasteiger partial charge in [-0.2, -0.15) is 5.26 Å². The number of fused-ring (bicyclic) bond motifs is 1. The van der Waals surface area contributed by atoms with Gasteiger partial charge < -0.3 is 20.3 Å². The highest BCUT2D eigenvalue weighted by Gasteiger charge is 2.25. The molecule has 0 radical (unpaired) electrons. The van der Waals surface area contributed by atoms with Gasteiger partial charge in [0.1, 0.15) is 17.4 Å². The van der Waals surface area contributed by atoms with Crippen LogP contribution >= 0.6 is 15.9 Å². The summed E-state index contributed by atoms with van der Waals surface area (Å²) in [6.45, 7) is 1.23. The number of nitriles is 1. The number of halogens is 2. The molecule has 3 heterocycles. The summed E-state index contributed by atoms with van der Waals surface area (Å²) in [5, 5.41) is 20.4. The first-order valence-corrected chi connectivity index (χ1v) is 9.74. The number of carbonyl (C=O) groups is 1. The molecule has 3 aromatic rings. The summed E-state index contributed by atoms with van der Waals surface area (Å²) < 4.78 is 14.8. The number of piperidine rings is 1. The van der Waals surface area contributed by atoms with Gasteiger partial charge in [0.2, 0.25) is 0 Å². The Morgan fingerprint density at radius 1 is 1.41 bits per heavy atom. The first kappa shape index (κ1) is 19.1. The number of imidazole rings is 1. The van der Waals surface area contributed by atoms with E-state index < -0.39 is 11.9 Å². The van der Waals surface area contributed by atoms with Crippen LogP contribution in [0, 0.1) is 17.1 Å². The zero-order valence-electron chi connectivity index (χ0n) is 15.1. The zero-order chi connectivity index (χ0) is 20.5. The van der Waals surface area contributed by atoms with Crippen molar-refractivity contribution in [3.05, 3.63) is 40.4 Å². The lowest BCUT2D eigenvalue weighted by Crippen LogP contribution is -2.44. The van der Waals surface area contributed by atoms with Crippen LogP contribution in [0.4, 0.5) is 15.0 Å². The number of benzene rings is 1. The molecule has 2 aromatic heterocycles. The molecule has 8 nitrogen and oxygen atoms in total. The molecule has 3 N–H and O–H groups in total. The van der Waals surface area contributed by atoms with Crippen LogP contribution in [0.1, 0.15) is 18.4 Å². The van der Waals surface area contributed by atoms with Gasteiger partial charge in [0.25, 0.3) is 0 Å². The summed E-state index contributed by atoms with van der Waals surface area (Å²) in [5.41, 5.74) is 2.46. The molecule has 1 saturated heterocycles. The molecule has 1 fully saturated rings. The van der Waals surface area contributed by atoms with Crippen LogP contribution in [-0.4, -0.2) is 45.3 Å². The van der Waals surface area contributed by atoms with Crippen molar-refractivity contribution in [2.45, 2.75) is 18.9 Å². The second-order valence-electron chi connectivity index (χ2n) is 6.74. The van der Waals surface area contributed by atoms with Crippen molar-refractivity contribution >= 4 is 38.9 Å². The summed E-state index contributed by atoms with van der Waals surface area (Å²) in [5.74, 6) is 0.0449. The molecular weight excluding hydrogens is 443 g/mol. The Bertz CT molecular complexity index is 1130. The lowest BCUT2D eigenvalue weighted by Gasteiger charge is -2.33. The maximum atomic E-state index is 14.2. The van der Waals surface area contributed by atoms with Crippen molar-refractivity contribution < 1.29 is 14.3 Å². The molecule has 1 aromatic carbocycles. The molecule has 1 amide bonds. The van der Waals surface area contributed by atoms with Crippen molar-refractivity contribution in [1.29, 1.82) is 5.26 Å². The predicted molar refractivity (Wildman–Crippen MR) is 108 cm³/mol. The third kappa shape index (κ3) is 3.61. The molecule has 0 unspecified atom stereocenters. The van der Waals surface area contributed by atoms with Crippen LogP contribution in [0.3, 0.4) is 0 Å². The van der Waals surface area contributed by atoms with Crippen molar-refractivity contribution in [3.8, 4) is 17.3 Å². The molecule has 0 spiro atoms. The first-order chi connectivity index (χ1) is 14.0. The Hall–Kier alpha value is -3.19. The topological polar surface area (TPSA) is 118 Å². The fourth-order valence-electron chi connectivity index (χ4n) is 3.53. The molecular formula is C19H16BrFN6O2. The summed E-state index contributed by atoms with van der Waals surface area (Å²) >= 11 is 3.54. The molecule has 1 aliphatic rings. The van der Waals surface area contributed by atoms with Crippen LogP contribution in [0.25, 0.3) is 22.3 Å². The van der Waals surface area contributed by atoms with E-state index in [2.05, 4.69) is 36.1 Å². The Balaban J connectivity index is 1.73. The first-order valence-electron chi connectivity index (χ1n) is 8.95. The van der Waals surface area contributed by atoms with Gasteiger partial charge in [-0.3, -0.25) is 0 Å². The minimum atomic E-state index is -1.02. The summed E-state index contributed by atoms with van der Waals surface area (Å²) in [6, 6.07) is 6.10. The maximum absolute atomic E-state index is 14.2. The van der Waals surface area contributed by atoms with E-state index >= 15 is 0 Å². The number of rotatable bonds is 3. The highest BCUT2D eigenvalue weighted by molar-refractivity contribution is 9.10. The van der Waals surface area contributed by atoms with Gasteiger partial charge in [-0.05, 0) is 40.9 Å². The minimum absolute atomic E-state index is 0.0271. The average Bonchev–Trinajstić information content (AvgIpc) is 3.19. The summed E-state index contributed by atoms with van der Waals surface area (Å²) in [4.78, 5) is 25.2. The largest absolute Gasteiger partial charge is 0.465 e. The lowest BCUT2D eigenvalue weighted by molar-refractivity contribution is 0.187. The van der Waals surface area contributed by atoms with E-state index in [1.165, 1.54) is 12.1 Å². The van der Waals surface area contributed by atoms with Crippen molar-refractivity contribution in [2.24, 2.45) is 0 Å². The Morgan fingerprint density at radius 2 is 2.17 bits per heavy atom. The maximum Gasteiger partial charge on any atom is 0.404 e.